The van der Waals surface area contributed by atoms with Crippen LogP contribution in [0.3, 0.4) is 0 Å². The first-order valence-corrected chi connectivity index (χ1v) is 14.2. The van der Waals surface area contributed by atoms with Crippen LogP contribution in [-0.4, -0.2) is 45.6 Å². The maximum Gasteiger partial charge on any atom is 0.408 e. The molecule has 2 aromatic rings. The Morgan fingerprint density at radius 3 is 2.27 bits per heavy atom. The number of alkyl carbamates (subject to hydrolysis) is 1. The second kappa shape index (κ2) is 12.5. The van der Waals surface area contributed by atoms with Gasteiger partial charge in [-0.1, -0.05) is 69.1 Å². The number of aryl methyl sites for hydroxylation is 2. The molecule has 0 heterocycles. The summed E-state index contributed by atoms with van der Waals surface area (Å²) in [6.45, 7) is 14.6. The highest BCUT2D eigenvalue weighted by Gasteiger charge is 2.49. The zero-order valence-corrected chi connectivity index (χ0v) is 25.4. The maximum absolute atomic E-state index is 14.4. The molecule has 40 heavy (non-hydrogen) atoms. The van der Waals surface area contributed by atoms with Gasteiger partial charge in [0.1, 0.15) is 23.4 Å². The van der Waals surface area contributed by atoms with Gasteiger partial charge in [-0.05, 0) is 70.1 Å². The number of nitrogens with one attached hydrogen (secondary N) is 2. The maximum atomic E-state index is 14.4. The minimum absolute atomic E-state index is 0.0650. The minimum Gasteiger partial charge on any atom is -0.507 e. The summed E-state index contributed by atoms with van der Waals surface area (Å²) in [5, 5.41) is 17.2. The van der Waals surface area contributed by atoms with Crippen LogP contribution in [0.4, 0.5) is 10.5 Å². The molecule has 3 rings (SSSR count). The first kappa shape index (κ1) is 31.3. The molecule has 0 saturated heterocycles. The summed E-state index contributed by atoms with van der Waals surface area (Å²) in [6, 6.07) is 8.05. The number of anilines is 1. The van der Waals surface area contributed by atoms with E-state index in [1.807, 2.05) is 33.8 Å². The second-order valence-electron chi connectivity index (χ2n) is 11.9. The molecule has 0 radical (unpaired) electrons. The van der Waals surface area contributed by atoms with Gasteiger partial charge in [0.15, 0.2) is 0 Å². The van der Waals surface area contributed by atoms with Gasteiger partial charge < -0.3 is 25.4 Å². The molecule has 0 spiro atoms. The molecule has 1 saturated carbocycles. The predicted molar refractivity (Wildman–Crippen MR) is 157 cm³/mol. The Labute approximate surface area is 242 Å². The van der Waals surface area contributed by atoms with Crippen molar-refractivity contribution in [3.05, 3.63) is 58.1 Å². The zero-order valence-electron chi connectivity index (χ0n) is 24.7. The minimum atomic E-state index is -1.18. The fourth-order valence-corrected chi connectivity index (χ4v) is 5.02. The van der Waals surface area contributed by atoms with E-state index in [-0.39, 0.29) is 23.6 Å². The molecular formula is C31H42ClN3O5. The van der Waals surface area contributed by atoms with Crippen LogP contribution < -0.4 is 10.6 Å². The lowest BCUT2D eigenvalue weighted by Gasteiger charge is -2.37. The van der Waals surface area contributed by atoms with E-state index in [4.69, 9.17) is 16.3 Å². The van der Waals surface area contributed by atoms with Gasteiger partial charge in [0.2, 0.25) is 5.91 Å². The van der Waals surface area contributed by atoms with Crippen LogP contribution in [0.15, 0.2) is 36.4 Å². The molecule has 3 amide bonds. The topological polar surface area (TPSA) is 108 Å². The van der Waals surface area contributed by atoms with Crippen LogP contribution in [0.1, 0.15) is 77.1 Å². The Morgan fingerprint density at radius 1 is 1.12 bits per heavy atom. The third-order valence-electron chi connectivity index (χ3n) is 7.39. The molecular weight excluding hydrogens is 530 g/mol. The number of phenols is 1. The molecule has 218 valence electrons. The van der Waals surface area contributed by atoms with Crippen molar-refractivity contribution in [2.24, 2.45) is 11.8 Å². The van der Waals surface area contributed by atoms with E-state index in [1.54, 1.807) is 58.0 Å². The molecule has 5 atom stereocenters. The third-order valence-corrected chi connectivity index (χ3v) is 7.71. The van der Waals surface area contributed by atoms with E-state index >= 15 is 0 Å². The molecule has 2 aromatic carbocycles. The molecule has 5 unspecified atom stereocenters. The van der Waals surface area contributed by atoms with E-state index in [2.05, 4.69) is 10.6 Å². The number of nitrogens with zero attached hydrogens (tertiary/aromatic N) is 1. The van der Waals surface area contributed by atoms with Crippen molar-refractivity contribution in [1.29, 1.82) is 0 Å². The Kier molecular flexibility index (Phi) is 9.77. The fraction of sp³-hybridized carbons (Fsp3) is 0.516. The summed E-state index contributed by atoms with van der Waals surface area (Å²) < 4.78 is 5.47. The molecule has 9 heteroatoms. The number of aromatic hydroxyl groups is 1. The quantitative estimate of drug-likeness (QED) is 0.317. The monoisotopic (exact) mass is 571 g/mol. The molecule has 0 bridgehead atoms. The van der Waals surface area contributed by atoms with Gasteiger partial charge >= 0.3 is 6.09 Å². The lowest BCUT2D eigenvalue weighted by molar-refractivity contribution is -0.142. The van der Waals surface area contributed by atoms with Gasteiger partial charge in [0.05, 0.1) is 10.7 Å². The van der Waals surface area contributed by atoms with E-state index in [1.165, 1.54) is 4.90 Å². The lowest BCUT2D eigenvalue weighted by Crippen LogP contribution is -2.55. The standard InChI is InChI=1S/C31H42ClN3O5/c1-9-17(2)25(34-30(39)40-31(6,7)8)29(38)35(23-16-20(23)5)26(21-14-10-13-19(4)27(21)36)28(37)33-24-18(3)12-11-15-22(24)32/h10-15,17,20,23,25-26,36H,9,16H2,1-8H3,(H,33,37)(H,34,39). The first-order chi connectivity index (χ1) is 18.7. The second-order valence-corrected chi connectivity index (χ2v) is 12.3. The van der Waals surface area contributed by atoms with Gasteiger partial charge in [-0.2, -0.15) is 0 Å². The SMILES string of the molecule is CCC(C)C(NC(=O)OC(C)(C)C)C(=O)N(C(C(=O)Nc1c(C)cccc1Cl)c1cccc(C)c1O)C1CC1C. The van der Waals surface area contributed by atoms with Gasteiger partial charge in [-0.3, -0.25) is 9.59 Å². The van der Waals surface area contributed by atoms with Gasteiger partial charge in [-0.15, -0.1) is 0 Å². The predicted octanol–water partition coefficient (Wildman–Crippen LogP) is 6.52. The van der Waals surface area contributed by atoms with Crippen LogP contribution in [0.2, 0.25) is 5.02 Å². The number of halogens is 1. The van der Waals surface area contributed by atoms with Gasteiger partial charge in [0.25, 0.3) is 5.91 Å². The summed E-state index contributed by atoms with van der Waals surface area (Å²) in [6.07, 6.45) is 0.583. The van der Waals surface area contributed by atoms with Crippen molar-refractivity contribution in [2.45, 2.75) is 92.0 Å². The molecule has 8 nitrogen and oxygen atoms in total. The number of amides is 3. The van der Waals surface area contributed by atoms with Gasteiger partial charge in [0, 0.05) is 11.6 Å². The summed E-state index contributed by atoms with van der Waals surface area (Å²) in [7, 11) is 0. The number of para-hydroxylation sites is 2. The highest BCUT2D eigenvalue weighted by molar-refractivity contribution is 6.34. The summed E-state index contributed by atoms with van der Waals surface area (Å²) in [4.78, 5) is 42.9. The average molecular weight is 572 g/mol. The number of carbonyl (C=O) groups excluding carboxylic acids is 3. The number of rotatable bonds is 9. The van der Waals surface area contributed by atoms with E-state index < -0.39 is 35.6 Å². The van der Waals surface area contributed by atoms with Crippen molar-refractivity contribution in [2.75, 3.05) is 5.32 Å². The number of hydrogen-bond acceptors (Lipinski definition) is 5. The van der Waals surface area contributed by atoms with Gasteiger partial charge in [-0.25, -0.2) is 4.79 Å². The normalized spacial score (nSPS) is 18.7. The Morgan fingerprint density at radius 2 is 1.73 bits per heavy atom. The number of carbonyl (C=O) groups is 3. The molecule has 1 fully saturated rings. The van der Waals surface area contributed by atoms with E-state index in [0.29, 0.717) is 34.7 Å². The van der Waals surface area contributed by atoms with Crippen molar-refractivity contribution in [3.63, 3.8) is 0 Å². The largest absolute Gasteiger partial charge is 0.507 e. The Bertz CT molecular complexity index is 1240. The number of phenolic OH excluding ortho intramolecular Hbond substituents is 1. The summed E-state index contributed by atoms with van der Waals surface area (Å²) in [5.41, 5.74) is 1.32. The number of hydrogen-bond donors (Lipinski definition) is 3. The average Bonchev–Trinajstić information content (AvgIpc) is 3.58. The van der Waals surface area contributed by atoms with Crippen molar-refractivity contribution in [3.8, 4) is 5.75 Å². The molecule has 1 aliphatic carbocycles. The van der Waals surface area contributed by atoms with E-state index in [9.17, 15) is 19.5 Å². The van der Waals surface area contributed by atoms with Crippen LogP contribution in [0, 0.1) is 25.7 Å². The molecule has 0 aliphatic heterocycles. The van der Waals surface area contributed by atoms with Crippen molar-refractivity contribution < 1.29 is 24.2 Å². The smallest absolute Gasteiger partial charge is 0.408 e. The lowest BCUT2D eigenvalue weighted by atomic mass is 9.94. The zero-order chi connectivity index (χ0) is 29.9. The van der Waals surface area contributed by atoms with Crippen LogP contribution in [0.5, 0.6) is 5.75 Å². The van der Waals surface area contributed by atoms with Crippen molar-refractivity contribution >= 4 is 35.2 Å². The van der Waals surface area contributed by atoms with Crippen LogP contribution in [0.25, 0.3) is 0 Å². The summed E-state index contributed by atoms with van der Waals surface area (Å²) in [5.74, 6) is -1.11. The summed E-state index contributed by atoms with van der Waals surface area (Å²) >= 11 is 6.44. The fourth-order valence-electron chi connectivity index (χ4n) is 4.75. The van der Waals surface area contributed by atoms with Crippen LogP contribution in [-0.2, 0) is 14.3 Å². The van der Waals surface area contributed by atoms with Crippen molar-refractivity contribution in [1.82, 2.24) is 10.2 Å². The molecule has 3 N–H and O–H groups in total. The highest BCUT2D eigenvalue weighted by atomic mass is 35.5. The van der Waals surface area contributed by atoms with E-state index in [0.717, 1.165) is 5.56 Å². The number of ether oxygens (including phenoxy) is 1. The Balaban J connectivity index is 2.12. The van der Waals surface area contributed by atoms with Crippen LogP contribution >= 0.6 is 11.6 Å². The molecule has 0 aromatic heterocycles. The highest BCUT2D eigenvalue weighted by Crippen LogP contribution is 2.43. The first-order valence-electron chi connectivity index (χ1n) is 13.8. The number of benzene rings is 2. The third kappa shape index (κ3) is 7.27. The molecule has 1 aliphatic rings. The Hall–Kier alpha value is -3.26.